The van der Waals surface area contributed by atoms with Crippen molar-refractivity contribution in [3.63, 3.8) is 0 Å². The quantitative estimate of drug-likeness (QED) is 0.624. The fraction of sp³-hybridized carbons (Fsp3) is 0.312. The van der Waals surface area contributed by atoms with Crippen LogP contribution in [0.1, 0.15) is 29.0 Å². The van der Waals surface area contributed by atoms with Gasteiger partial charge in [0.25, 0.3) is 0 Å². The van der Waals surface area contributed by atoms with Crippen molar-refractivity contribution >= 4 is 23.3 Å². The van der Waals surface area contributed by atoms with Crippen LogP contribution in [-0.2, 0) is 11.2 Å². The highest BCUT2D eigenvalue weighted by atomic mass is 19.1. The molecule has 8 nitrogen and oxygen atoms in total. The number of benzene rings is 1. The van der Waals surface area contributed by atoms with E-state index in [2.05, 4.69) is 4.98 Å². The lowest BCUT2D eigenvalue weighted by Crippen LogP contribution is -2.30. The van der Waals surface area contributed by atoms with Gasteiger partial charge in [0, 0.05) is 19.9 Å². The molecule has 130 valence electrons. The van der Waals surface area contributed by atoms with Gasteiger partial charge in [-0.3, -0.25) is 4.79 Å². The molecular formula is C16H15FN4O4. The number of amides is 1. The molecule has 0 fully saturated rings. The van der Waals surface area contributed by atoms with E-state index in [0.29, 0.717) is 13.0 Å². The second kappa shape index (κ2) is 6.42. The third-order valence-corrected chi connectivity index (χ3v) is 4.15. The van der Waals surface area contributed by atoms with Crippen LogP contribution >= 0.6 is 0 Å². The van der Waals surface area contributed by atoms with E-state index in [9.17, 15) is 24.1 Å². The van der Waals surface area contributed by atoms with Gasteiger partial charge < -0.3 is 15.0 Å². The molecule has 1 aromatic carbocycles. The van der Waals surface area contributed by atoms with Crippen LogP contribution in [0.15, 0.2) is 24.4 Å². The molecule has 0 aliphatic carbocycles. The van der Waals surface area contributed by atoms with Crippen molar-refractivity contribution in [3.8, 4) is 0 Å². The Morgan fingerprint density at radius 3 is 2.76 bits per heavy atom. The number of carbonyl (C=O) groups excluding carboxylic acids is 2. The molecule has 1 aromatic heterocycles. The molecule has 0 radical (unpaired) electrons. The lowest BCUT2D eigenvalue weighted by Gasteiger charge is -2.17. The Bertz CT molecular complexity index is 877. The van der Waals surface area contributed by atoms with Crippen LogP contribution in [0.2, 0.25) is 0 Å². The van der Waals surface area contributed by atoms with E-state index >= 15 is 0 Å². The third kappa shape index (κ3) is 3.00. The van der Waals surface area contributed by atoms with Crippen LogP contribution in [0, 0.1) is 22.9 Å². The van der Waals surface area contributed by atoms with E-state index in [1.165, 1.54) is 17.9 Å². The van der Waals surface area contributed by atoms with E-state index in [4.69, 9.17) is 0 Å². The smallest absolute Gasteiger partial charge is 0.350 e. The highest BCUT2D eigenvalue weighted by Crippen LogP contribution is 2.31. The number of para-hydroxylation sites is 1. The molecule has 1 amide bonds. The van der Waals surface area contributed by atoms with Crippen molar-refractivity contribution in [3.05, 3.63) is 51.7 Å². The molecular weight excluding hydrogens is 331 g/mol. The van der Waals surface area contributed by atoms with Crippen molar-refractivity contribution in [1.82, 2.24) is 9.55 Å². The van der Waals surface area contributed by atoms with Crippen LogP contribution < -0.4 is 4.90 Å². The van der Waals surface area contributed by atoms with Gasteiger partial charge in [0.05, 0.1) is 12.1 Å². The van der Waals surface area contributed by atoms with Crippen LogP contribution in [-0.4, -0.2) is 32.8 Å². The van der Waals surface area contributed by atoms with Gasteiger partial charge >= 0.3 is 11.7 Å². The molecule has 3 rings (SSSR count). The van der Waals surface area contributed by atoms with Gasteiger partial charge in [-0.05, 0) is 23.0 Å². The number of imidazole rings is 1. The van der Waals surface area contributed by atoms with Gasteiger partial charge in [0.2, 0.25) is 11.7 Å². The lowest BCUT2D eigenvalue weighted by molar-refractivity contribution is -0.390. The number of fused-ring (bicyclic) bond motifs is 1. The van der Waals surface area contributed by atoms with Crippen LogP contribution in [0.4, 0.5) is 15.9 Å². The van der Waals surface area contributed by atoms with E-state index in [1.807, 2.05) is 0 Å². The standard InChI is InChI=1S/C16H15FN4O4/c1-10-18-9-13(21(24)25)20(10)15(23)6-5-14(22)19-8-7-11-3-2-4-12(17)16(11)19/h2-4,9H,5-8H2,1H3. The predicted octanol–water partition coefficient (Wildman–Crippen LogP) is 2.25. The Morgan fingerprint density at radius 2 is 2.04 bits per heavy atom. The molecule has 0 spiro atoms. The van der Waals surface area contributed by atoms with E-state index in [-0.39, 0.29) is 24.4 Å². The first-order valence-corrected chi connectivity index (χ1v) is 7.70. The minimum atomic E-state index is -0.703. The summed E-state index contributed by atoms with van der Waals surface area (Å²) in [5.41, 5.74) is 1.01. The zero-order valence-electron chi connectivity index (χ0n) is 13.4. The first-order valence-electron chi connectivity index (χ1n) is 7.70. The molecule has 25 heavy (non-hydrogen) atoms. The van der Waals surface area contributed by atoms with Crippen LogP contribution in [0.25, 0.3) is 0 Å². The third-order valence-electron chi connectivity index (χ3n) is 4.15. The van der Waals surface area contributed by atoms with Crippen LogP contribution in [0.3, 0.4) is 0 Å². The van der Waals surface area contributed by atoms with Crippen molar-refractivity contribution in [2.45, 2.75) is 26.2 Å². The van der Waals surface area contributed by atoms with Crippen molar-refractivity contribution in [2.24, 2.45) is 0 Å². The van der Waals surface area contributed by atoms with Gasteiger partial charge in [-0.15, -0.1) is 4.57 Å². The Hall–Kier alpha value is -3.10. The molecule has 0 bridgehead atoms. The number of rotatable bonds is 4. The number of hydrogen-bond acceptors (Lipinski definition) is 5. The highest BCUT2D eigenvalue weighted by Gasteiger charge is 2.29. The number of nitrogens with zero attached hydrogens (tertiary/aromatic N) is 4. The average molecular weight is 346 g/mol. The summed E-state index contributed by atoms with van der Waals surface area (Å²) in [4.78, 5) is 40.0. The second-order valence-electron chi connectivity index (χ2n) is 5.69. The topological polar surface area (TPSA) is 98.3 Å². The van der Waals surface area contributed by atoms with Gasteiger partial charge in [0.15, 0.2) is 0 Å². The van der Waals surface area contributed by atoms with Crippen molar-refractivity contribution in [2.75, 3.05) is 11.4 Å². The summed E-state index contributed by atoms with van der Waals surface area (Å²) in [5, 5.41) is 10.9. The Kier molecular flexibility index (Phi) is 4.30. The fourth-order valence-electron chi connectivity index (χ4n) is 2.99. The molecule has 0 saturated heterocycles. The number of anilines is 1. The van der Waals surface area contributed by atoms with Crippen molar-refractivity contribution in [1.29, 1.82) is 0 Å². The number of aromatic nitrogens is 2. The Labute approximate surface area is 142 Å². The summed E-state index contributed by atoms with van der Waals surface area (Å²) < 4.78 is 14.9. The summed E-state index contributed by atoms with van der Waals surface area (Å²) in [6.07, 6.45) is 1.17. The largest absolute Gasteiger partial charge is 0.358 e. The number of hydrogen-bond donors (Lipinski definition) is 0. The summed E-state index contributed by atoms with van der Waals surface area (Å²) in [7, 11) is 0. The van der Waals surface area contributed by atoms with E-state index in [1.54, 1.807) is 12.1 Å². The Balaban J connectivity index is 1.72. The molecule has 2 heterocycles. The van der Waals surface area contributed by atoms with Gasteiger partial charge in [-0.25, -0.2) is 14.2 Å². The monoisotopic (exact) mass is 346 g/mol. The summed E-state index contributed by atoms with van der Waals surface area (Å²) in [6, 6.07) is 4.63. The Morgan fingerprint density at radius 1 is 1.32 bits per heavy atom. The summed E-state index contributed by atoms with van der Waals surface area (Å²) in [5.74, 6) is -1.72. The molecule has 0 N–H and O–H groups in total. The van der Waals surface area contributed by atoms with Crippen molar-refractivity contribution < 1.29 is 18.9 Å². The number of aryl methyl sites for hydroxylation is 1. The molecule has 0 atom stereocenters. The minimum Gasteiger partial charge on any atom is -0.358 e. The van der Waals surface area contributed by atoms with E-state index < -0.39 is 28.4 Å². The maximum absolute atomic E-state index is 14.0. The maximum atomic E-state index is 14.0. The van der Waals surface area contributed by atoms with Gasteiger partial charge in [-0.1, -0.05) is 12.1 Å². The zero-order chi connectivity index (χ0) is 18.1. The predicted molar refractivity (Wildman–Crippen MR) is 85.9 cm³/mol. The zero-order valence-corrected chi connectivity index (χ0v) is 13.4. The first-order chi connectivity index (χ1) is 11.9. The van der Waals surface area contributed by atoms with E-state index in [0.717, 1.165) is 16.3 Å². The molecule has 1 aliphatic rings. The molecule has 0 unspecified atom stereocenters. The van der Waals surface area contributed by atoms with Gasteiger partial charge in [-0.2, -0.15) is 0 Å². The second-order valence-corrected chi connectivity index (χ2v) is 5.69. The SMILES string of the molecule is Cc1ncc([N+](=O)[O-])n1C(=O)CCC(=O)N1CCc2cccc(F)c21. The molecule has 2 aromatic rings. The summed E-state index contributed by atoms with van der Waals surface area (Å²) >= 11 is 0. The van der Waals surface area contributed by atoms with Gasteiger partial charge in [0.1, 0.15) is 12.0 Å². The summed E-state index contributed by atoms with van der Waals surface area (Å²) in [6.45, 7) is 1.83. The minimum absolute atomic E-state index is 0.165. The fourth-order valence-corrected chi connectivity index (χ4v) is 2.99. The normalized spacial score (nSPS) is 13.0. The maximum Gasteiger partial charge on any atom is 0.350 e. The average Bonchev–Trinajstić information content (AvgIpc) is 3.17. The number of nitro groups is 1. The van der Waals surface area contributed by atoms with Crippen LogP contribution in [0.5, 0.6) is 0 Å². The number of halogens is 1. The highest BCUT2D eigenvalue weighted by molar-refractivity contribution is 5.97. The molecule has 0 saturated carbocycles. The molecule has 9 heteroatoms. The molecule has 1 aliphatic heterocycles. The number of carbonyl (C=O) groups is 2. The lowest BCUT2D eigenvalue weighted by atomic mass is 10.1. The first kappa shape index (κ1) is 16.7.